The minimum absolute atomic E-state index is 0.116. The molecule has 0 spiro atoms. The maximum atomic E-state index is 12.0. The van der Waals surface area contributed by atoms with E-state index in [0.29, 0.717) is 30.2 Å². The van der Waals surface area contributed by atoms with Gasteiger partial charge in [-0.1, -0.05) is 12.7 Å². The van der Waals surface area contributed by atoms with Crippen LogP contribution in [0.2, 0.25) is 0 Å². The number of benzene rings is 1. The fourth-order valence-corrected chi connectivity index (χ4v) is 1.65. The molecule has 0 atom stereocenters. The summed E-state index contributed by atoms with van der Waals surface area (Å²) in [5, 5.41) is 5.89. The molecule has 0 aliphatic heterocycles. The largest absolute Gasteiger partial charge is 0.493 e. The van der Waals surface area contributed by atoms with Gasteiger partial charge in [-0.15, -0.1) is 0 Å². The summed E-state index contributed by atoms with van der Waals surface area (Å²) in [6.07, 6.45) is 2.54. The van der Waals surface area contributed by atoms with Crippen molar-refractivity contribution in [3.8, 4) is 11.5 Å². The molecule has 0 unspecified atom stereocenters. The van der Waals surface area contributed by atoms with E-state index in [9.17, 15) is 4.79 Å². The Hall–Kier alpha value is -2.01. The van der Waals surface area contributed by atoms with Gasteiger partial charge in [0.2, 0.25) is 0 Å². The van der Waals surface area contributed by atoms with E-state index in [1.165, 1.54) is 0 Å². The van der Waals surface area contributed by atoms with Crippen molar-refractivity contribution in [3.05, 3.63) is 36.4 Å². The van der Waals surface area contributed by atoms with E-state index in [1.807, 2.05) is 7.05 Å². The summed E-state index contributed by atoms with van der Waals surface area (Å²) in [5.74, 6) is 1.02. The molecule has 0 radical (unpaired) electrons. The number of amides is 1. The van der Waals surface area contributed by atoms with Gasteiger partial charge in [-0.3, -0.25) is 4.79 Å². The SMILES string of the molecule is C=CCOc1ccc(C(=O)NCCCNC)cc1OC. The summed E-state index contributed by atoms with van der Waals surface area (Å²) in [6.45, 7) is 5.49. The lowest BCUT2D eigenvalue weighted by molar-refractivity contribution is 0.0953. The highest BCUT2D eigenvalue weighted by Gasteiger charge is 2.10. The zero-order valence-electron chi connectivity index (χ0n) is 12.1. The van der Waals surface area contributed by atoms with E-state index in [0.717, 1.165) is 13.0 Å². The summed E-state index contributed by atoms with van der Waals surface area (Å²) in [6, 6.07) is 5.12. The van der Waals surface area contributed by atoms with Gasteiger partial charge in [0.15, 0.2) is 11.5 Å². The molecule has 0 aliphatic rings. The van der Waals surface area contributed by atoms with Crippen molar-refractivity contribution in [2.45, 2.75) is 6.42 Å². The second-order valence-electron chi connectivity index (χ2n) is 4.18. The molecule has 1 aromatic rings. The zero-order chi connectivity index (χ0) is 14.8. The topological polar surface area (TPSA) is 59.6 Å². The quantitative estimate of drug-likeness (QED) is 0.532. The maximum Gasteiger partial charge on any atom is 0.251 e. The summed E-state index contributed by atoms with van der Waals surface area (Å²) in [4.78, 5) is 12.0. The summed E-state index contributed by atoms with van der Waals surface area (Å²) in [7, 11) is 3.43. The summed E-state index contributed by atoms with van der Waals surface area (Å²) >= 11 is 0. The number of hydrogen-bond acceptors (Lipinski definition) is 4. The minimum atomic E-state index is -0.116. The number of nitrogens with one attached hydrogen (secondary N) is 2. The van der Waals surface area contributed by atoms with Crippen LogP contribution in [-0.4, -0.2) is 39.8 Å². The fraction of sp³-hybridized carbons (Fsp3) is 0.400. The first-order chi connectivity index (χ1) is 9.72. The van der Waals surface area contributed by atoms with E-state index >= 15 is 0 Å². The van der Waals surface area contributed by atoms with E-state index in [4.69, 9.17) is 9.47 Å². The Morgan fingerprint density at radius 1 is 1.35 bits per heavy atom. The number of rotatable bonds is 9. The molecular formula is C15H22N2O3. The average molecular weight is 278 g/mol. The number of carbonyl (C=O) groups excluding carboxylic acids is 1. The Morgan fingerprint density at radius 3 is 2.80 bits per heavy atom. The van der Waals surface area contributed by atoms with Gasteiger partial charge in [0.1, 0.15) is 6.61 Å². The third-order valence-corrected chi connectivity index (χ3v) is 2.67. The predicted octanol–water partition coefficient (Wildman–Crippen LogP) is 1.60. The number of methoxy groups -OCH3 is 1. The number of carbonyl (C=O) groups is 1. The normalized spacial score (nSPS) is 9.90. The monoisotopic (exact) mass is 278 g/mol. The van der Waals surface area contributed by atoms with Crippen molar-refractivity contribution in [3.63, 3.8) is 0 Å². The van der Waals surface area contributed by atoms with Gasteiger partial charge in [-0.2, -0.15) is 0 Å². The molecule has 0 fully saturated rings. The van der Waals surface area contributed by atoms with Crippen LogP contribution in [0.25, 0.3) is 0 Å². The third-order valence-electron chi connectivity index (χ3n) is 2.67. The standard InChI is InChI=1S/C15H22N2O3/c1-4-10-20-13-7-6-12(11-14(13)19-3)15(18)17-9-5-8-16-2/h4,6-7,11,16H,1,5,8-10H2,2-3H3,(H,17,18). The molecule has 0 saturated carbocycles. The first-order valence-corrected chi connectivity index (χ1v) is 6.57. The molecule has 5 heteroatoms. The molecule has 0 aromatic heterocycles. The molecular weight excluding hydrogens is 256 g/mol. The molecule has 0 heterocycles. The van der Waals surface area contributed by atoms with Crippen LogP contribution in [0.1, 0.15) is 16.8 Å². The van der Waals surface area contributed by atoms with Crippen molar-refractivity contribution >= 4 is 5.91 Å². The van der Waals surface area contributed by atoms with Crippen molar-refractivity contribution in [1.29, 1.82) is 0 Å². The lowest BCUT2D eigenvalue weighted by Crippen LogP contribution is -2.26. The molecule has 5 nitrogen and oxygen atoms in total. The van der Waals surface area contributed by atoms with Gasteiger partial charge >= 0.3 is 0 Å². The Morgan fingerprint density at radius 2 is 2.15 bits per heavy atom. The molecule has 20 heavy (non-hydrogen) atoms. The zero-order valence-corrected chi connectivity index (χ0v) is 12.1. The van der Waals surface area contributed by atoms with Crippen molar-refractivity contribution < 1.29 is 14.3 Å². The van der Waals surface area contributed by atoms with Crippen LogP contribution in [0.5, 0.6) is 11.5 Å². The Balaban J connectivity index is 2.66. The molecule has 0 aliphatic carbocycles. The second-order valence-corrected chi connectivity index (χ2v) is 4.18. The van der Waals surface area contributed by atoms with Gasteiger partial charge in [0, 0.05) is 12.1 Å². The van der Waals surface area contributed by atoms with E-state index in [2.05, 4.69) is 17.2 Å². The highest BCUT2D eigenvalue weighted by Crippen LogP contribution is 2.28. The Kier molecular flexibility index (Phi) is 7.21. The van der Waals surface area contributed by atoms with E-state index in [-0.39, 0.29) is 5.91 Å². The van der Waals surface area contributed by atoms with E-state index in [1.54, 1.807) is 31.4 Å². The van der Waals surface area contributed by atoms with Gasteiger partial charge in [-0.25, -0.2) is 0 Å². The van der Waals surface area contributed by atoms with Crippen molar-refractivity contribution in [2.24, 2.45) is 0 Å². The molecule has 2 N–H and O–H groups in total. The lowest BCUT2D eigenvalue weighted by Gasteiger charge is -2.11. The Bertz CT molecular complexity index is 447. The second kappa shape index (κ2) is 8.98. The summed E-state index contributed by atoms with van der Waals surface area (Å²) < 4.78 is 10.7. The van der Waals surface area contributed by atoms with Crippen LogP contribution in [0.4, 0.5) is 0 Å². The van der Waals surface area contributed by atoms with Gasteiger partial charge in [0.25, 0.3) is 5.91 Å². The van der Waals surface area contributed by atoms with Crippen LogP contribution in [0, 0.1) is 0 Å². The first-order valence-electron chi connectivity index (χ1n) is 6.57. The highest BCUT2D eigenvalue weighted by molar-refractivity contribution is 5.94. The molecule has 110 valence electrons. The first kappa shape index (κ1) is 16.0. The predicted molar refractivity (Wildman–Crippen MR) is 79.6 cm³/mol. The smallest absolute Gasteiger partial charge is 0.251 e. The van der Waals surface area contributed by atoms with Gasteiger partial charge in [-0.05, 0) is 38.2 Å². The number of hydrogen-bond donors (Lipinski definition) is 2. The van der Waals surface area contributed by atoms with Crippen LogP contribution >= 0.6 is 0 Å². The highest BCUT2D eigenvalue weighted by atomic mass is 16.5. The Labute approximate surface area is 120 Å². The van der Waals surface area contributed by atoms with Gasteiger partial charge in [0.05, 0.1) is 7.11 Å². The minimum Gasteiger partial charge on any atom is -0.493 e. The molecule has 1 rings (SSSR count). The molecule has 0 bridgehead atoms. The van der Waals surface area contributed by atoms with Crippen LogP contribution in [-0.2, 0) is 0 Å². The van der Waals surface area contributed by atoms with Crippen LogP contribution < -0.4 is 20.1 Å². The molecule has 1 aromatic carbocycles. The van der Waals surface area contributed by atoms with E-state index < -0.39 is 0 Å². The molecule has 1 amide bonds. The maximum absolute atomic E-state index is 12.0. The van der Waals surface area contributed by atoms with Gasteiger partial charge < -0.3 is 20.1 Å². The van der Waals surface area contributed by atoms with Crippen molar-refractivity contribution in [2.75, 3.05) is 33.9 Å². The average Bonchev–Trinajstić information content (AvgIpc) is 2.49. The number of ether oxygens (including phenoxy) is 2. The van der Waals surface area contributed by atoms with Crippen LogP contribution in [0.15, 0.2) is 30.9 Å². The molecule has 0 saturated heterocycles. The lowest BCUT2D eigenvalue weighted by atomic mass is 10.2. The fourth-order valence-electron chi connectivity index (χ4n) is 1.65. The van der Waals surface area contributed by atoms with Crippen molar-refractivity contribution in [1.82, 2.24) is 10.6 Å². The summed E-state index contributed by atoms with van der Waals surface area (Å²) in [5.41, 5.74) is 0.553. The van der Waals surface area contributed by atoms with Crippen LogP contribution in [0.3, 0.4) is 0 Å². The third kappa shape index (κ3) is 4.93.